The van der Waals surface area contributed by atoms with Gasteiger partial charge in [-0.1, -0.05) is 33.6 Å². The summed E-state index contributed by atoms with van der Waals surface area (Å²) in [4.78, 5) is 0. The van der Waals surface area contributed by atoms with Gasteiger partial charge < -0.3 is 0 Å². The minimum absolute atomic E-state index is 0.335. The minimum Gasteiger partial charge on any atom is -0.198 e. The fraction of sp³-hybridized carbons (Fsp3) is 0.955. The lowest BCUT2D eigenvalue weighted by Crippen LogP contribution is -2.55. The Hall–Kier alpha value is -0.510. The van der Waals surface area contributed by atoms with E-state index < -0.39 is 0 Å². The number of nitrogens with zero attached hydrogens (tertiary/aromatic N) is 1. The Labute approximate surface area is 143 Å². The van der Waals surface area contributed by atoms with E-state index in [1.54, 1.807) is 0 Å². The van der Waals surface area contributed by atoms with E-state index in [2.05, 4.69) is 26.8 Å². The lowest BCUT2D eigenvalue weighted by atomic mass is 9.42. The number of fused-ring (bicyclic) bond motifs is 5. The molecule has 0 aliphatic heterocycles. The summed E-state index contributed by atoms with van der Waals surface area (Å²) in [5.74, 6) is 4.89. The number of rotatable bonds is 1. The normalized spacial score (nSPS) is 55.4. The van der Waals surface area contributed by atoms with Crippen molar-refractivity contribution in [1.29, 1.82) is 5.26 Å². The van der Waals surface area contributed by atoms with E-state index >= 15 is 0 Å². The topological polar surface area (TPSA) is 23.8 Å². The van der Waals surface area contributed by atoms with E-state index in [1.165, 1.54) is 64.2 Å². The summed E-state index contributed by atoms with van der Waals surface area (Å²) in [6.45, 7) is 7.58. The molecular weight excluding hydrogens is 278 g/mol. The van der Waals surface area contributed by atoms with Crippen LogP contribution in [0.3, 0.4) is 0 Å². The van der Waals surface area contributed by atoms with Crippen LogP contribution in [0, 0.1) is 57.7 Å². The zero-order valence-electron chi connectivity index (χ0n) is 15.5. The van der Waals surface area contributed by atoms with Crippen LogP contribution in [0.25, 0.3) is 0 Å². The average molecular weight is 314 g/mol. The zero-order valence-corrected chi connectivity index (χ0v) is 15.5. The molecule has 0 heterocycles. The molecule has 8 atom stereocenters. The highest BCUT2D eigenvalue weighted by molar-refractivity contribution is 5.13. The van der Waals surface area contributed by atoms with Gasteiger partial charge in [0.15, 0.2) is 0 Å². The second-order valence-corrected chi connectivity index (χ2v) is 9.86. The fourth-order valence-electron chi connectivity index (χ4n) is 8.33. The lowest BCUT2D eigenvalue weighted by molar-refractivity contribution is -0.126. The first-order valence-electron chi connectivity index (χ1n) is 10.4. The van der Waals surface area contributed by atoms with Crippen LogP contribution >= 0.6 is 0 Å². The SMILES string of the molecule is CC[C@H]1CC[C@H]2[C@@H]3CC[C@@H]4CCCC(C#N)[C@]4(C)[C@H]3CC[C@]12C. The van der Waals surface area contributed by atoms with Crippen molar-refractivity contribution in [2.75, 3.05) is 0 Å². The van der Waals surface area contributed by atoms with Gasteiger partial charge in [0.25, 0.3) is 0 Å². The van der Waals surface area contributed by atoms with Crippen molar-refractivity contribution >= 4 is 0 Å². The molecule has 0 bridgehead atoms. The first-order chi connectivity index (χ1) is 11.1. The van der Waals surface area contributed by atoms with E-state index in [-0.39, 0.29) is 0 Å². The van der Waals surface area contributed by atoms with Crippen LogP contribution in [0.2, 0.25) is 0 Å². The molecule has 4 aliphatic rings. The second kappa shape index (κ2) is 5.50. The Morgan fingerprint density at radius 2 is 1.78 bits per heavy atom. The molecule has 0 spiro atoms. The van der Waals surface area contributed by atoms with Gasteiger partial charge in [0, 0.05) is 0 Å². The van der Waals surface area contributed by atoms with Crippen LogP contribution < -0.4 is 0 Å². The Balaban J connectivity index is 1.67. The van der Waals surface area contributed by atoms with Gasteiger partial charge in [-0.15, -0.1) is 0 Å². The summed E-state index contributed by atoms with van der Waals surface area (Å²) >= 11 is 0. The quantitative estimate of drug-likeness (QED) is 0.565. The van der Waals surface area contributed by atoms with Crippen LogP contribution in [-0.2, 0) is 0 Å². The Bertz CT molecular complexity index is 505. The molecule has 1 heteroatoms. The summed E-state index contributed by atoms with van der Waals surface area (Å²) in [7, 11) is 0. The van der Waals surface area contributed by atoms with Crippen molar-refractivity contribution in [2.24, 2.45) is 46.3 Å². The molecule has 128 valence electrons. The highest BCUT2D eigenvalue weighted by Gasteiger charge is 2.61. The third-order valence-electron chi connectivity index (χ3n) is 9.61. The first kappa shape index (κ1) is 16.0. The molecule has 1 nitrogen and oxygen atoms in total. The van der Waals surface area contributed by atoms with E-state index in [1.807, 2.05) is 0 Å². The van der Waals surface area contributed by atoms with Crippen molar-refractivity contribution in [3.05, 3.63) is 0 Å². The molecule has 4 fully saturated rings. The van der Waals surface area contributed by atoms with Crippen LogP contribution in [0.4, 0.5) is 0 Å². The van der Waals surface area contributed by atoms with Gasteiger partial charge in [-0.2, -0.15) is 5.26 Å². The smallest absolute Gasteiger partial charge is 0.0661 e. The third kappa shape index (κ3) is 2.03. The summed E-state index contributed by atoms with van der Waals surface area (Å²) < 4.78 is 0. The minimum atomic E-state index is 0.335. The molecule has 1 unspecified atom stereocenters. The van der Waals surface area contributed by atoms with Gasteiger partial charge in [-0.3, -0.25) is 0 Å². The van der Waals surface area contributed by atoms with Gasteiger partial charge in [0.2, 0.25) is 0 Å². The van der Waals surface area contributed by atoms with E-state index in [0.717, 1.165) is 29.6 Å². The predicted molar refractivity (Wildman–Crippen MR) is 94.6 cm³/mol. The van der Waals surface area contributed by atoms with Crippen molar-refractivity contribution < 1.29 is 0 Å². The summed E-state index contributed by atoms with van der Waals surface area (Å²) in [6, 6.07) is 2.77. The zero-order chi connectivity index (χ0) is 16.2. The van der Waals surface area contributed by atoms with Crippen LogP contribution in [0.15, 0.2) is 0 Å². The molecular formula is C22H35N. The summed E-state index contributed by atoms with van der Waals surface area (Å²) in [5.41, 5.74) is 0.956. The van der Waals surface area contributed by atoms with Gasteiger partial charge in [0.05, 0.1) is 12.0 Å². The number of hydrogen-bond donors (Lipinski definition) is 0. The molecule has 0 amide bonds. The van der Waals surface area contributed by atoms with Crippen LogP contribution in [-0.4, -0.2) is 0 Å². The van der Waals surface area contributed by atoms with Gasteiger partial charge in [0.1, 0.15) is 0 Å². The standard InChI is InChI=1S/C22H35N/c1-4-15-9-11-19-18-10-8-16-6-5-7-17(14-23)22(16,3)20(18)12-13-21(15,19)2/h15-20H,4-13H2,1-3H3/t15-,16-,17?,18-,19-,20-,21+,22+/m0/s1. The second-order valence-electron chi connectivity index (χ2n) is 9.86. The molecule has 0 saturated heterocycles. The van der Waals surface area contributed by atoms with E-state index in [4.69, 9.17) is 0 Å². The third-order valence-corrected chi connectivity index (χ3v) is 9.61. The molecule has 0 radical (unpaired) electrons. The largest absolute Gasteiger partial charge is 0.198 e. The number of nitriles is 1. The van der Waals surface area contributed by atoms with Crippen molar-refractivity contribution in [1.82, 2.24) is 0 Å². The maximum atomic E-state index is 9.85. The average Bonchev–Trinajstić information content (AvgIpc) is 2.90. The van der Waals surface area contributed by atoms with Crippen molar-refractivity contribution in [2.45, 2.75) is 85.0 Å². The molecule has 0 aromatic rings. The molecule has 0 N–H and O–H groups in total. The summed E-state index contributed by atoms with van der Waals surface area (Å²) in [5, 5.41) is 9.85. The Morgan fingerprint density at radius 3 is 2.52 bits per heavy atom. The van der Waals surface area contributed by atoms with Crippen LogP contribution in [0.5, 0.6) is 0 Å². The van der Waals surface area contributed by atoms with Crippen molar-refractivity contribution in [3.63, 3.8) is 0 Å². The first-order valence-corrected chi connectivity index (χ1v) is 10.4. The van der Waals surface area contributed by atoms with E-state index in [9.17, 15) is 5.26 Å². The maximum absolute atomic E-state index is 9.85. The molecule has 0 aromatic heterocycles. The Kier molecular flexibility index (Phi) is 3.82. The molecule has 4 aliphatic carbocycles. The highest BCUT2D eigenvalue weighted by atomic mass is 14.7. The maximum Gasteiger partial charge on any atom is 0.0661 e. The predicted octanol–water partition coefficient (Wildman–Crippen LogP) is 6.20. The van der Waals surface area contributed by atoms with E-state index in [0.29, 0.717) is 16.7 Å². The van der Waals surface area contributed by atoms with Gasteiger partial charge in [-0.25, -0.2) is 0 Å². The van der Waals surface area contributed by atoms with Gasteiger partial charge >= 0.3 is 0 Å². The van der Waals surface area contributed by atoms with Crippen molar-refractivity contribution in [3.8, 4) is 6.07 Å². The van der Waals surface area contributed by atoms with Crippen LogP contribution in [0.1, 0.15) is 85.0 Å². The molecule has 23 heavy (non-hydrogen) atoms. The van der Waals surface area contributed by atoms with Gasteiger partial charge in [-0.05, 0) is 91.8 Å². The monoisotopic (exact) mass is 313 g/mol. The Morgan fingerprint density at radius 1 is 0.957 bits per heavy atom. The molecule has 0 aromatic carbocycles. The highest BCUT2D eigenvalue weighted by Crippen LogP contribution is 2.68. The molecule has 4 saturated carbocycles. The molecule has 4 rings (SSSR count). The lowest BCUT2D eigenvalue weighted by Gasteiger charge is -2.61. The fourth-order valence-corrected chi connectivity index (χ4v) is 8.33. The summed E-state index contributed by atoms with van der Waals surface area (Å²) in [6.07, 6.45) is 14.0. The number of hydrogen-bond acceptors (Lipinski definition) is 1.